The van der Waals surface area contributed by atoms with E-state index in [0.29, 0.717) is 16.7 Å². The Bertz CT molecular complexity index is 2610. The number of hydrogen-bond acceptors (Lipinski definition) is 11. The topological polar surface area (TPSA) is 165 Å². The van der Waals surface area contributed by atoms with Gasteiger partial charge in [-0.2, -0.15) is 4.98 Å². The highest BCUT2D eigenvalue weighted by Gasteiger charge is 2.43. The lowest BCUT2D eigenvalue weighted by molar-refractivity contribution is -0.192. The third kappa shape index (κ3) is 9.58. The van der Waals surface area contributed by atoms with Gasteiger partial charge in [0.1, 0.15) is 18.0 Å². The van der Waals surface area contributed by atoms with E-state index in [0.717, 1.165) is 22.3 Å². The number of benzene rings is 5. The number of pyridine rings is 1. The number of nitrogens with zero attached hydrogens (tertiary/aromatic N) is 2. The van der Waals surface area contributed by atoms with Crippen molar-refractivity contribution in [1.82, 2.24) is 14.5 Å². The molecule has 0 amide bonds. The highest BCUT2D eigenvalue weighted by Crippen LogP contribution is 2.41. The summed E-state index contributed by atoms with van der Waals surface area (Å²) >= 11 is 0. The molecule has 61 heavy (non-hydrogen) atoms. The number of rotatable bonds is 16. The zero-order valence-corrected chi connectivity index (χ0v) is 33.7. The number of hydrogen-bond donors (Lipinski definition) is 1. The molecule has 5 aromatic carbocycles. The number of ether oxygens (including phenoxy) is 5. The van der Waals surface area contributed by atoms with Crippen molar-refractivity contribution in [1.29, 1.82) is 0 Å². The summed E-state index contributed by atoms with van der Waals surface area (Å²) in [6.07, 6.45) is -4.31. The Hall–Kier alpha value is -7.38. The molecule has 13 nitrogen and oxygen atoms in total. The molecule has 0 radical (unpaired) electrons. The molecule has 0 saturated heterocycles. The summed E-state index contributed by atoms with van der Waals surface area (Å²) < 4.78 is 32.6. The number of fused-ring (bicyclic) bond motifs is 2. The summed E-state index contributed by atoms with van der Waals surface area (Å²) in [7, 11) is 0. The Morgan fingerprint density at radius 1 is 0.656 bits per heavy atom. The lowest BCUT2D eigenvalue weighted by Gasteiger charge is -2.39. The summed E-state index contributed by atoms with van der Waals surface area (Å²) in [5.41, 5.74) is 0.791. The number of nitrogens with one attached hydrogen (secondary N) is 1. The summed E-state index contributed by atoms with van der Waals surface area (Å²) in [4.78, 5) is 71.5. The van der Waals surface area contributed by atoms with Gasteiger partial charge in [-0.05, 0) is 45.8 Å². The largest absolute Gasteiger partial charge is 0.489 e. The first-order chi connectivity index (χ1) is 29.5. The minimum Gasteiger partial charge on any atom is -0.489 e. The van der Waals surface area contributed by atoms with E-state index in [-0.39, 0.29) is 31.1 Å². The zero-order valence-electron chi connectivity index (χ0n) is 33.7. The van der Waals surface area contributed by atoms with Crippen molar-refractivity contribution in [2.24, 2.45) is 0 Å². The van der Waals surface area contributed by atoms with Gasteiger partial charge in [0.05, 0.1) is 24.2 Å². The second-order valence-electron chi connectivity index (χ2n) is 14.3. The lowest BCUT2D eigenvalue weighted by Crippen LogP contribution is -2.50. The Morgan fingerprint density at radius 2 is 1.18 bits per heavy atom. The number of esters is 3. The molecule has 3 atom stereocenters. The first kappa shape index (κ1) is 41.8. The average Bonchev–Trinajstić information content (AvgIpc) is 3.26. The van der Waals surface area contributed by atoms with E-state index in [1.165, 1.54) is 25.3 Å². The van der Waals surface area contributed by atoms with Gasteiger partial charge in [-0.1, -0.05) is 121 Å². The molecule has 2 aliphatic heterocycles. The second kappa shape index (κ2) is 18.7. The molecule has 13 heteroatoms. The first-order valence-corrected chi connectivity index (χ1v) is 19.6. The van der Waals surface area contributed by atoms with Crippen LogP contribution >= 0.6 is 0 Å². The van der Waals surface area contributed by atoms with Crippen molar-refractivity contribution in [3.8, 4) is 17.1 Å². The SMILES string of the molecule is CC(=O)O[C@@H]([C@H](Cn1c2nc(=O)[nH]c(=O)c-2cc2ccc(OCc3ccccc3)cc21)OC(C)=O)[C@@H](COC(c1ccccc1)(c1ccccc1)c1ccccc1)OC(C)=O. The van der Waals surface area contributed by atoms with Crippen LogP contribution < -0.4 is 16.0 Å². The van der Waals surface area contributed by atoms with Crippen LogP contribution in [-0.4, -0.2) is 57.4 Å². The van der Waals surface area contributed by atoms with Gasteiger partial charge >= 0.3 is 23.6 Å². The van der Waals surface area contributed by atoms with Gasteiger partial charge in [0.15, 0.2) is 24.1 Å². The summed E-state index contributed by atoms with van der Waals surface area (Å²) in [6.45, 7) is 3.08. The van der Waals surface area contributed by atoms with Crippen LogP contribution in [0.15, 0.2) is 155 Å². The fraction of sp³-hybridized carbons (Fsp3) is 0.208. The Labute approximate surface area is 350 Å². The Balaban J connectivity index is 1.36. The van der Waals surface area contributed by atoms with Crippen LogP contribution in [0.5, 0.6) is 5.75 Å². The molecule has 0 spiro atoms. The molecule has 0 aromatic heterocycles. The molecular formula is C48H43N3O10. The summed E-state index contributed by atoms with van der Waals surface area (Å²) in [6, 6.07) is 44.8. The predicted molar refractivity (Wildman–Crippen MR) is 226 cm³/mol. The molecule has 7 rings (SSSR count). The van der Waals surface area contributed by atoms with Gasteiger partial charge in [-0.15, -0.1) is 0 Å². The number of carbonyl (C=O) groups excluding carboxylic acids is 3. The van der Waals surface area contributed by atoms with Crippen LogP contribution in [0.1, 0.15) is 43.0 Å². The van der Waals surface area contributed by atoms with Crippen LogP contribution in [0.4, 0.5) is 0 Å². The van der Waals surface area contributed by atoms with Gasteiger partial charge in [-0.25, -0.2) is 4.79 Å². The predicted octanol–water partition coefficient (Wildman–Crippen LogP) is 6.57. The van der Waals surface area contributed by atoms with Crippen molar-refractivity contribution < 1.29 is 38.1 Å². The molecule has 2 aliphatic rings. The minimum absolute atomic E-state index is 0.0447. The molecule has 2 heterocycles. The van der Waals surface area contributed by atoms with Gasteiger partial charge in [0, 0.05) is 26.8 Å². The zero-order chi connectivity index (χ0) is 42.9. The smallest absolute Gasteiger partial charge is 0.349 e. The molecule has 310 valence electrons. The minimum atomic E-state index is -1.51. The summed E-state index contributed by atoms with van der Waals surface area (Å²) in [5.74, 6) is -1.87. The molecule has 0 aliphatic carbocycles. The van der Waals surface area contributed by atoms with E-state index >= 15 is 0 Å². The second-order valence-corrected chi connectivity index (χ2v) is 14.3. The molecular weight excluding hydrogens is 779 g/mol. The average molecular weight is 822 g/mol. The van der Waals surface area contributed by atoms with Crippen LogP contribution in [0, 0.1) is 0 Å². The van der Waals surface area contributed by atoms with Crippen molar-refractivity contribution in [2.45, 2.75) is 57.8 Å². The van der Waals surface area contributed by atoms with Gasteiger partial charge in [0.2, 0.25) is 0 Å². The standard InChI is InChI=1S/C48H43N3O10/c1-31(52)59-42(28-51-41-27-39(57-29-34-16-8-4-9-17-34)25-24-35(41)26-40-45(51)49-47(56)50-46(40)55)44(61-33(3)54)43(60-32(2)53)30-58-48(36-18-10-5-11-19-36,37-20-12-6-13-21-37)38-22-14-7-15-23-38/h4-27,42-44H,28-30H2,1-3H3,(H,50,55,56)/t42-,43+,44-/m0/s1. The van der Waals surface area contributed by atoms with Crippen LogP contribution in [0.25, 0.3) is 22.3 Å². The molecule has 0 saturated carbocycles. The third-order valence-electron chi connectivity index (χ3n) is 10.0. The molecule has 0 unspecified atom stereocenters. The van der Waals surface area contributed by atoms with Crippen LogP contribution in [0.3, 0.4) is 0 Å². The maximum atomic E-state index is 13.3. The van der Waals surface area contributed by atoms with Gasteiger partial charge < -0.3 is 28.3 Å². The van der Waals surface area contributed by atoms with E-state index in [1.807, 2.05) is 121 Å². The van der Waals surface area contributed by atoms with E-state index in [9.17, 15) is 24.0 Å². The highest BCUT2D eigenvalue weighted by atomic mass is 16.6. The van der Waals surface area contributed by atoms with Crippen molar-refractivity contribution in [3.05, 3.63) is 189 Å². The maximum absolute atomic E-state index is 13.3. The summed E-state index contributed by atoms with van der Waals surface area (Å²) in [5, 5.41) is 0.550. The normalized spacial score (nSPS) is 12.9. The Morgan fingerprint density at radius 3 is 1.72 bits per heavy atom. The van der Waals surface area contributed by atoms with E-state index < -0.39 is 53.1 Å². The molecule has 5 aromatic rings. The highest BCUT2D eigenvalue weighted by molar-refractivity contribution is 5.86. The van der Waals surface area contributed by atoms with Crippen molar-refractivity contribution in [3.63, 3.8) is 0 Å². The third-order valence-corrected chi connectivity index (χ3v) is 10.0. The van der Waals surface area contributed by atoms with Crippen LogP contribution in [0.2, 0.25) is 0 Å². The van der Waals surface area contributed by atoms with E-state index in [4.69, 9.17) is 23.7 Å². The van der Waals surface area contributed by atoms with Crippen molar-refractivity contribution >= 4 is 28.8 Å². The maximum Gasteiger partial charge on any atom is 0.349 e. The molecule has 0 bridgehead atoms. The molecule has 1 N–H and O–H groups in total. The lowest BCUT2D eigenvalue weighted by atomic mass is 9.80. The number of H-pyrrole nitrogens is 1. The van der Waals surface area contributed by atoms with Crippen LogP contribution in [-0.2, 0) is 52.1 Å². The number of aromatic amines is 1. The number of carbonyl (C=O) groups is 3. The monoisotopic (exact) mass is 821 g/mol. The number of aromatic nitrogens is 3. The van der Waals surface area contributed by atoms with E-state index in [2.05, 4.69) is 9.97 Å². The first-order valence-electron chi connectivity index (χ1n) is 19.6. The molecule has 0 fully saturated rings. The fourth-order valence-corrected chi connectivity index (χ4v) is 7.52. The quantitative estimate of drug-likeness (QED) is 0.0485. The fourth-order valence-electron chi connectivity index (χ4n) is 7.52. The van der Waals surface area contributed by atoms with Crippen molar-refractivity contribution in [2.75, 3.05) is 6.61 Å². The Kier molecular flexibility index (Phi) is 12.8. The van der Waals surface area contributed by atoms with Gasteiger partial charge in [-0.3, -0.25) is 24.2 Å². The van der Waals surface area contributed by atoms with Gasteiger partial charge in [0.25, 0.3) is 5.56 Å². The van der Waals surface area contributed by atoms with E-state index in [1.54, 1.807) is 24.3 Å².